The van der Waals surface area contributed by atoms with Crippen LogP contribution in [-0.4, -0.2) is 37.2 Å². The predicted octanol–water partition coefficient (Wildman–Crippen LogP) is 2.92. The quantitative estimate of drug-likeness (QED) is 0.750. The molecule has 1 aromatic heterocycles. The first-order chi connectivity index (χ1) is 12.4. The molecule has 2 N–H and O–H groups in total. The maximum Gasteiger partial charge on any atom is 0.339 e. The van der Waals surface area contributed by atoms with Gasteiger partial charge in [0.05, 0.1) is 14.2 Å². The molecule has 140 valence electrons. The van der Waals surface area contributed by atoms with Crippen molar-refractivity contribution in [1.82, 2.24) is 5.32 Å². The van der Waals surface area contributed by atoms with Crippen LogP contribution in [0.3, 0.4) is 0 Å². The summed E-state index contributed by atoms with van der Waals surface area (Å²) >= 11 is 0. The van der Waals surface area contributed by atoms with Gasteiger partial charge in [-0.1, -0.05) is 13.0 Å². The van der Waals surface area contributed by atoms with Crippen LogP contribution in [0.15, 0.2) is 28.7 Å². The van der Waals surface area contributed by atoms with E-state index in [9.17, 15) is 9.59 Å². The lowest BCUT2D eigenvalue weighted by Gasteiger charge is -2.15. The van der Waals surface area contributed by atoms with Gasteiger partial charge < -0.3 is 24.3 Å². The molecule has 0 radical (unpaired) electrons. The van der Waals surface area contributed by atoms with E-state index in [1.54, 1.807) is 21.1 Å². The molecule has 26 heavy (non-hydrogen) atoms. The van der Waals surface area contributed by atoms with Crippen LogP contribution in [0.2, 0.25) is 0 Å². The van der Waals surface area contributed by atoms with Gasteiger partial charge in [-0.3, -0.25) is 4.79 Å². The zero-order valence-electron chi connectivity index (χ0n) is 15.3. The fraction of sp³-hybridized carbons (Fsp3) is 0.368. The number of rotatable bonds is 8. The Hall–Kier alpha value is -2.96. The highest BCUT2D eigenvalue weighted by atomic mass is 16.5. The van der Waals surface area contributed by atoms with Gasteiger partial charge in [-0.2, -0.15) is 0 Å². The third kappa shape index (κ3) is 4.36. The molecule has 0 bridgehead atoms. The summed E-state index contributed by atoms with van der Waals surface area (Å²) in [5.41, 5.74) is 0.987. The lowest BCUT2D eigenvalue weighted by atomic mass is 10.1. The minimum absolute atomic E-state index is 0.00147. The standard InChI is InChI=1S/C19H23NO6/c1-5-14-13(19(22)23)10-17(26-14)18(21)20-11(2)8-12-6-7-15(24-3)16(9-12)25-4/h6-7,9-11H,5,8H2,1-4H3,(H,20,21)(H,22,23). The summed E-state index contributed by atoms with van der Waals surface area (Å²) in [7, 11) is 3.13. The van der Waals surface area contributed by atoms with E-state index in [1.807, 2.05) is 25.1 Å². The van der Waals surface area contributed by atoms with Gasteiger partial charge in [0.2, 0.25) is 0 Å². The van der Waals surface area contributed by atoms with Crippen LogP contribution in [0.1, 0.15) is 46.1 Å². The average molecular weight is 361 g/mol. The van der Waals surface area contributed by atoms with E-state index in [4.69, 9.17) is 19.0 Å². The minimum Gasteiger partial charge on any atom is -0.493 e. The van der Waals surface area contributed by atoms with Crippen LogP contribution in [0.25, 0.3) is 0 Å². The van der Waals surface area contributed by atoms with Crippen LogP contribution >= 0.6 is 0 Å². The number of methoxy groups -OCH3 is 2. The SMILES string of the molecule is CCc1oc(C(=O)NC(C)Cc2ccc(OC)c(OC)c2)cc1C(=O)O. The molecular formula is C19H23NO6. The summed E-state index contributed by atoms with van der Waals surface area (Å²) in [5, 5.41) is 12.0. The van der Waals surface area contributed by atoms with Crippen LogP contribution in [0.5, 0.6) is 11.5 Å². The molecule has 1 heterocycles. The van der Waals surface area contributed by atoms with Gasteiger partial charge in [0.15, 0.2) is 17.3 Å². The first-order valence-electron chi connectivity index (χ1n) is 8.27. The largest absolute Gasteiger partial charge is 0.493 e. The highest BCUT2D eigenvalue weighted by Crippen LogP contribution is 2.28. The smallest absolute Gasteiger partial charge is 0.339 e. The zero-order valence-corrected chi connectivity index (χ0v) is 15.3. The number of benzene rings is 1. The molecule has 2 aromatic rings. The van der Waals surface area contributed by atoms with Crippen LogP contribution < -0.4 is 14.8 Å². The van der Waals surface area contributed by atoms with Crippen molar-refractivity contribution >= 4 is 11.9 Å². The van der Waals surface area contributed by atoms with Crippen molar-refractivity contribution in [2.24, 2.45) is 0 Å². The van der Waals surface area contributed by atoms with E-state index >= 15 is 0 Å². The number of aryl methyl sites for hydroxylation is 1. The summed E-state index contributed by atoms with van der Waals surface area (Å²) in [6.07, 6.45) is 0.968. The fourth-order valence-electron chi connectivity index (χ4n) is 2.69. The number of carboxylic acids is 1. The third-order valence-electron chi connectivity index (χ3n) is 3.95. The Morgan fingerprint density at radius 1 is 1.19 bits per heavy atom. The number of carbonyl (C=O) groups is 2. The number of furan rings is 1. The maximum absolute atomic E-state index is 12.3. The maximum atomic E-state index is 12.3. The fourth-order valence-corrected chi connectivity index (χ4v) is 2.69. The second kappa shape index (κ2) is 8.42. The Bertz CT molecular complexity index is 795. The monoisotopic (exact) mass is 361 g/mol. The molecule has 7 nitrogen and oxygen atoms in total. The molecule has 0 saturated carbocycles. The third-order valence-corrected chi connectivity index (χ3v) is 3.95. The Morgan fingerprint density at radius 3 is 2.42 bits per heavy atom. The van der Waals surface area contributed by atoms with E-state index in [2.05, 4.69) is 5.32 Å². The van der Waals surface area contributed by atoms with E-state index in [1.165, 1.54) is 6.07 Å². The summed E-state index contributed by atoms with van der Waals surface area (Å²) in [6.45, 7) is 3.63. The van der Waals surface area contributed by atoms with Crippen molar-refractivity contribution in [1.29, 1.82) is 0 Å². The van der Waals surface area contributed by atoms with Crippen molar-refractivity contribution in [2.45, 2.75) is 32.7 Å². The number of hydrogen-bond acceptors (Lipinski definition) is 5. The van der Waals surface area contributed by atoms with Crippen molar-refractivity contribution in [3.8, 4) is 11.5 Å². The van der Waals surface area contributed by atoms with E-state index in [0.29, 0.717) is 24.3 Å². The molecule has 2 rings (SSSR count). The topological polar surface area (TPSA) is 98.0 Å². The summed E-state index contributed by atoms with van der Waals surface area (Å²) in [5.74, 6) is -0.0122. The predicted molar refractivity (Wildman–Crippen MR) is 95.2 cm³/mol. The Kier molecular flexibility index (Phi) is 6.27. The highest BCUT2D eigenvalue weighted by molar-refractivity contribution is 5.96. The lowest BCUT2D eigenvalue weighted by Crippen LogP contribution is -2.33. The number of nitrogens with one attached hydrogen (secondary N) is 1. The summed E-state index contributed by atoms with van der Waals surface area (Å²) in [4.78, 5) is 23.5. The van der Waals surface area contributed by atoms with Crippen molar-refractivity contribution in [2.75, 3.05) is 14.2 Å². The zero-order chi connectivity index (χ0) is 19.3. The van der Waals surface area contributed by atoms with E-state index < -0.39 is 11.9 Å². The summed E-state index contributed by atoms with van der Waals surface area (Å²) < 4.78 is 15.9. The van der Waals surface area contributed by atoms with E-state index in [-0.39, 0.29) is 23.1 Å². The molecule has 1 atom stereocenters. The molecule has 0 fully saturated rings. The molecule has 7 heteroatoms. The van der Waals surface area contributed by atoms with Crippen molar-refractivity contribution in [3.05, 3.63) is 46.9 Å². The Morgan fingerprint density at radius 2 is 1.88 bits per heavy atom. The number of aromatic carboxylic acids is 1. The first kappa shape index (κ1) is 19.4. The molecule has 1 aromatic carbocycles. The number of amides is 1. The molecular weight excluding hydrogens is 338 g/mol. The lowest BCUT2D eigenvalue weighted by molar-refractivity contribution is 0.0694. The molecule has 0 aliphatic carbocycles. The second-order valence-electron chi connectivity index (χ2n) is 5.87. The van der Waals surface area contributed by atoms with Gasteiger partial charge in [0, 0.05) is 18.5 Å². The molecule has 0 aliphatic heterocycles. The molecule has 0 spiro atoms. The number of carbonyl (C=O) groups excluding carboxylic acids is 1. The molecule has 0 saturated heterocycles. The van der Waals surface area contributed by atoms with E-state index in [0.717, 1.165) is 5.56 Å². The van der Waals surface area contributed by atoms with Gasteiger partial charge in [0.25, 0.3) is 5.91 Å². The van der Waals surface area contributed by atoms with Gasteiger partial charge in [0.1, 0.15) is 11.3 Å². The molecule has 0 aliphatic rings. The van der Waals surface area contributed by atoms with Gasteiger partial charge in [-0.05, 0) is 31.0 Å². The Labute approximate surface area is 151 Å². The number of hydrogen-bond donors (Lipinski definition) is 2. The van der Waals surface area contributed by atoms with Crippen molar-refractivity contribution in [3.63, 3.8) is 0 Å². The number of ether oxygens (including phenoxy) is 2. The van der Waals surface area contributed by atoms with Crippen LogP contribution in [0.4, 0.5) is 0 Å². The average Bonchev–Trinajstić information content (AvgIpc) is 3.06. The van der Waals surface area contributed by atoms with Gasteiger partial charge in [-0.25, -0.2) is 4.79 Å². The van der Waals surface area contributed by atoms with Gasteiger partial charge in [-0.15, -0.1) is 0 Å². The van der Waals surface area contributed by atoms with Crippen LogP contribution in [0, 0.1) is 0 Å². The second-order valence-corrected chi connectivity index (χ2v) is 5.87. The Balaban J connectivity index is 2.06. The molecule has 1 unspecified atom stereocenters. The highest BCUT2D eigenvalue weighted by Gasteiger charge is 2.21. The normalized spacial score (nSPS) is 11.7. The molecule has 1 amide bonds. The minimum atomic E-state index is -1.11. The first-order valence-corrected chi connectivity index (χ1v) is 8.27. The van der Waals surface area contributed by atoms with Crippen molar-refractivity contribution < 1.29 is 28.6 Å². The summed E-state index contributed by atoms with van der Waals surface area (Å²) in [6, 6.07) is 6.63. The van der Waals surface area contributed by atoms with Crippen LogP contribution in [-0.2, 0) is 12.8 Å². The number of carboxylic acid groups (broad SMARTS) is 1. The van der Waals surface area contributed by atoms with Gasteiger partial charge >= 0.3 is 5.97 Å².